The molecule has 1 heterocycles. The van der Waals surface area contributed by atoms with Crippen LogP contribution in [0.4, 0.5) is 0 Å². The third kappa shape index (κ3) is 4.12. The van der Waals surface area contributed by atoms with Gasteiger partial charge in [-0.3, -0.25) is 0 Å². The van der Waals surface area contributed by atoms with Gasteiger partial charge in [0.15, 0.2) is 0 Å². The first-order chi connectivity index (χ1) is 8.08. The summed E-state index contributed by atoms with van der Waals surface area (Å²) in [7, 11) is 2.16. The third-order valence-corrected chi connectivity index (χ3v) is 3.91. The lowest BCUT2D eigenvalue weighted by Gasteiger charge is -2.23. The molecule has 0 fully saturated rings. The van der Waals surface area contributed by atoms with Crippen LogP contribution in [0.3, 0.4) is 0 Å². The van der Waals surface area contributed by atoms with Crippen LogP contribution in [0.15, 0.2) is 47.1 Å². The van der Waals surface area contributed by atoms with E-state index in [9.17, 15) is 0 Å². The Morgan fingerprint density at radius 3 is 2.94 bits per heavy atom. The SMILES string of the molecule is C=C(C=CC1=CN(C)C(CC)CC=C1C)SC. The van der Waals surface area contributed by atoms with Crippen LogP contribution in [0.1, 0.15) is 26.7 Å². The van der Waals surface area contributed by atoms with Crippen molar-refractivity contribution in [1.29, 1.82) is 0 Å². The van der Waals surface area contributed by atoms with Crippen molar-refractivity contribution in [1.82, 2.24) is 4.90 Å². The molecule has 0 saturated carbocycles. The normalized spacial score (nSPS) is 21.2. The van der Waals surface area contributed by atoms with E-state index in [0.29, 0.717) is 6.04 Å². The zero-order chi connectivity index (χ0) is 12.8. The van der Waals surface area contributed by atoms with Gasteiger partial charge in [0.05, 0.1) is 0 Å². The van der Waals surface area contributed by atoms with Crippen molar-refractivity contribution in [3.63, 3.8) is 0 Å². The van der Waals surface area contributed by atoms with Crippen LogP contribution in [0.5, 0.6) is 0 Å². The Bertz CT molecular complexity index is 363. The lowest BCUT2D eigenvalue weighted by molar-refractivity contribution is 0.323. The molecule has 1 rings (SSSR count). The fourth-order valence-corrected chi connectivity index (χ4v) is 2.11. The summed E-state index contributed by atoms with van der Waals surface area (Å²) in [6.45, 7) is 8.40. The van der Waals surface area contributed by atoms with Gasteiger partial charge in [-0.25, -0.2) is 0 Å². The summed E-state index contributed by atoms with van der Waals surface area (Å²) in [6, 6.07) is 0.625. The molecule has 0 aromatic heterocycles. The summed E-state index contributed by atoms with van der Waals surface area (Å²) in [5.41, 5.74) is 2.65. The predicted octanol–water partition coefficient (Wildman–Crippen LogP) is 4.36. The highest BCUT2D eigenvalue weighted by Gasteiger charge is 2.13. The van der Waals surface area contributed by atoms with Crippen molar-refractivity contribution < 1.29 is 0 Å². The van der Waals surface area contributed by atoms with Crippen LogP contribution in [0, 0.1) is 0 Å². The molecule has 2 heteroatoms. The highest BCUT2D eigenvalue weighted by Crippen LogP contribution is 2.22. The van der Waals surface area contributed by atoms with Gasteiger partial charge in [0.1, 0.15) is 0 Å². The van der Waals surface area contributed by atoms with E-state index in [4.69, 9.17) is 0 Å². The van der Waals surface area contributed by atoms with Crippen LogP contribution in [-0.4, -0.2) is 24.2 Å². The first kappa shape index (κ1) is 14.2. The molecular weight excluding hydrogens is 226 g/mol. The third-order valence-electron chi connectivity index (χ3n) is 3.25. The topological polar surface area (TPSA) is 3.24 Å². The summed E-state index contributed by atoms with van der Waals surface area (Å²) in [4.78, 5) is 3.42. The van der Waals surface area contributed by atoms with Crippen molar-refractivity contribution in [2.75, 3.05) is 13.3 Å². The second-order valence-electron chi connectivity index (χ2n) is 4.44. The summed E-state index contributed by atoms with van der Waals surface area (Å²) < 4.78 is 0. The fraction of sp³-hybridized carbons (Fsp3) is 0.467. The van der Waals surface area contributed by atoms with E-state index < -0.39 is 0 Å². The molecule has 0 N–H and O–H groups in total. The van der Waals surface area contributed by atoms with E-state index in [1.807, 2.05) is 0 Å². The Labute approximate surface area is 110 Å². The molecule has 1 aliphatic heterocycles. The van der Waals surface area contributed by atoms with Gasteiger partial charge in [0.2, 0.25) is 0 Å². The molecule has 17 heavy (non-hydrogen) atoms. The van der Waals surface area contributed by atoms with Gasteiger partial charge in [0.25, 0.3) is 0 Å². The molecule has 0 aromatic carbocycles. The smallest absolute Gasteiger partial charge is 0.0313 e. The van der Waals surface area contributed by atoms with Crippen molar-refractivity contribution >= 4 is 11.8 Å². The summed E-state index contributed by atoms with van der Waals surface area (Å²) in [5.74, 6) is 0. The molecule has 94 valence electrons. The molecule has 1 unspecified atom stereocenters. The van der Waals surface area contributed by atoms with E-state index in [2.05, 4.69) is 63.1 Å². The molecule has 1 aliphatic rings. The summed E-state index contributed by atoms with van der Waals surface area (Å²) in [6.07, 6.45) is 13.2. The average Bonchev–Trinajstić information content (AvgIpc) is 2.46. The van der Waals surface area contributed by atoms with Crippen molar-refractivity contribution in [3.8, 4) is 0 Å². The molecule has 1 nitrogen and oxygen atoms in total. The monoisotopic (exact) mass is 249 g/mol. The quantitative estimate of drug-likeness (QED) is 0.681. The second-order valence-corrected chi connectivity index (χ2v) is 5.37. The lowest BCUT2D eigenvalue weighted by atomic mass is 10.1. The number of hydrogen-bond donors (Lipinski definition) is 0. The van der Waals surface area contributed by atoms with E-state index in [1.165, 1.54) is 17.6 Å². The molecule has 0 bridgehead atoms. The van der Waals surface area contributed by atoms with Gasteiger partial charge in [-0.15, -0.1) is 11.8 Å². The van der Waals surface area contributed by atoms with Crippen LogP contribution >= 0.6 is 11.8 Å². The minimum atomic E-state index is 0.625. The van der Waals surface area contributed by atoms with Crippen molar-refractivity contribution in [3.05, 3.63) is 47.1 Å². The van der Waals surface area contributed by atoms with Gasteiger partial charge < -0.3 is 4.90 Å². The highest BCUT2D eigenvalue weighted by atomic mass is 32.2. The number of thioether (sulfide) groups is 1. The van der Waals surface area contributed by atoms with E-state index in [1.54, 1.807) is 11.8 Å². The van der Waals surface area contributed by atoms with Crippen LogP contribution < -0.4 is 0 Å². The summed E-state index contributed by atoms with van der Waals surface area (Å²) >= 11 is 1.68. The molecule has 0 amide bonds. The Kier molecular flexibility index (Phi) is 5.63. The zero-order valence-electron chi connectivity index (χ0n) is 11.4. The van der Waals surface area contributed by atoms with Gasteiger partial charge in [0, 0.05) is 19.3 Å². The fourth-order valence-electron chi connectivity index (χ4n) is 1.90. The standard InChI is InChI=1S/C15H23NS/c1-6-15-10-7-12(2)14(11-16(15)4)9-8-13(3)17-5/h7-9,11,15H,3,6,10H2,1-2,4-5H3. The van der Waals surface area contributed by atoms with Gasteiger partial charge in [-0.2, -0.15) is 0 Å². The number of allylic oxidation sites excluding steroid dienone is 4. The molecule has 0 aliphatic carbocycles. The average molecular weight is 249 g/mol. The maximum atomic E-state index is 3.97. The molecular formula is C15H23NS. The zero-order valence-corrected chi connectivity index (χ0v) is 12.2. The molecule has 0 aromatic rings. The molecule has 0 saturated heterocycles. The Morgan fingerprint density at radius 1 is 1.65 bits per heavy atom. The minimum Gasteiger partial charge on any atom is -0.377 e. The maximum absolute atomic E-state index is 3.97. The molecule has 1 atom stereocenters. The molecule has 0 radical (unpaired) electrons. The number of nitrogens with zero attached hydrogens (tertiary/aromatic N) is 1. The van der Waals surface area contributed by atoms with Crippen molar-refractivity contribution in [2.24, 2.45) is 0 Å². The predicted molar refractivity (Wildman–Crippen MR) is 80.1 cm³/mol. The summed E-state index contributed by atoms with van der Waals surface area (Å²) in [5, 5.41) is 0. The lowest BCUT2D eigenvalue weighted by Crippen LogP contribution is -2.25. The van der Waals surface area contributed by atoms with Crippen LogP contribution in [0.2, 0.25) is 0 Å². The van der Waals surface area contributed by atoms with E-state index in [-0.39, 0.29) is 0 Å². The van der Waals surface area contributed by atoms with Gasteiger partial charge >= 0.3 is 0 Å². The Morgan fingerprint density at radius 2 is 2.35 bits per heavy atom. The minimum absolute atomic E-state index is 0.625. The van der Waals surface area contributed by atoms with Crippen LogP contribution in [0.25, 0.3) is 0 Å². The number of hydrogen-bond acceptors (Lipinski definition) is 2. The highest BCUT2D eigenvalue weighted by molar-refractivity contribution is 8.02. The van der Waals surface area contributed by atoms with E-state index in [0.717, 1.165) is 11.3 Å². The first-order valence-corrected chi connectivity index (χ1v) is 7.32. The Hall–Kier alpha value is -0.890. The Balaban J connectivity index is 2.88. The van der Waals surface area contributed by atoms with Gasteiger partial charge in [-0.05, 0) is 48.1 Å². The maximum Gasteiger partial charge on any atom is 0.0313 e. The van der Waals surface area contributed by atoms with Crippen LogP contribution in [-0.2, 0) is 0 Å². The second kappa shape index (κ2) is 6.75. The van der Waals surface area contributed by atoms with Crippen molar-refractivity contribution in [2.45, 2.75) is 32.7 Å². The molecule has 0 spiro atoms. The largest absolute Gasteiger partial charge is 0.377 e. The van der Waals surface area contributed by atoms with Gasteiger partial charge in [-0.1, -0.05) is 25.7 Å². The number of rotatable bonds is 4. The van der Waals surface area contributed by atoms with E-state index >= 15 is 0 Å². The first-order valence-electron chi connectivity index (χ1n) is 6.10.